The van der Waals surface area contributed by atoms with E-state index in [1.807, 2.05) is 29.2 Å². The van der Waals surface area contributed by atoms with Crippen molar-refractivity contribution in [2.75, 3.05) is 198 Å². The van der Waals surface area contributed by atoms with Gasteiger partial charge in [0.1, 0.15) is 31.1 Å². The van der Waals surface area contributed by atoms with E-state index in [4.69, 9.17) is 80.8 Å². The van der Waals surface area contributed by atoms with Gasteiger partial charge in [-0.05, 0) is 22.3 Å². The van der Waals surface area contributed by atoms with E-state index in [-0.39, 0.29) is 57.5 Å². The summed E-state index contributed by atoms with van der Waals surface area (Å²) < 4.78 is 129. The lowest BCUT2D eigenvalue weighted by atomic mass is 9.98. The first-order chi connectivity index (χ1) is 44.4. The summed E-state index contributed by atoms with van der Waals surface area (Å²) in [7, 11) is -16.9. The Balaban J connectivity index is 0.688. The van der Waals surface area contributed by atoms with Crippen LogP contribution in [0.3, 0.4) is 0 Å². The molecule has 3 aromatic rings. The highest BCUT2D eigenvalue weighted by Crippen LogP contribution is 2.66. The zero-order valence-electron chi connectivity index (χ0n) is 50.7. The zero-order chi connectivity index (χ0) is 66.1. The summed E-state index contributed by atoms with van der Waals surface area (Å²) in [4.78, 5) is 87.6. The number of aliphatic hydroxyl groups excluding tert-OH is 1. The summed E-state index contributed by atoms with van der Waals surface area (Å²) in [6.07, 6.45) is -3.96. The Labute approximate surface area is 530 Å². The minimum absolute atomic E-state index is 0.0128. The fourth-order valence-electron chi connectivity index (χ4n) is 8.31. The highest BCUT2D eigenvalue weighted by Gasteiger charge is 2.43. The van der Waals surface area contributed by atoms with E-state index in [9.17, 15) is 47.8 Å². The number of H-pyrrole nitrogens is 1. The maximum atomic E-state index is 12.5. The van der Waals surface area contributed by atoms with E-state index in [0.29, 0.717) is 152 Å². The van der Waals surface area contributed by atoms with Crippen molar-refractivity contribution in [3.05, 3.63) is 92.3 Å². The summed E-state index contributed by atoms with van der Waals surface area (Å²) in [6, 6.07) is 16.4. The molecular formula is C55H83N4O30P3. The molecule has 2 heterocycles. The molecule has 1 aliphatic carbocycles. The van der Waals surface area contributed by atoms with Crippen LogP contribution in [0.4, 0.5) is 4.79 Å². The van der Waals surface area contributed by atoms with Crippen LogP contribution in [0.1, 0.15) is 35.3 Å². The molecule has 0 bridgehead atoms. The number of phosphoric ester groups is 1. The number of aliphatic hydroxyl groups is 1. The molecule has 518 valence electrons. The Hall–Kier alpha value is -4.77. The third-order valence-electron chi connectivity index (χ3n) is 12.5. The van der Waals surface area contributed by atoms with Gasteiger partial charge in [0.2, 0.25) is 5.91 Å². The Morgan fingerprint density at radius 1 is 0.565 bits per heavy atom. The monoisotopic (exact) mass is 1370 g/mol. The minimum atomic E-state index is -5.79. The lowest BCUT2D eigenvalue weighted by Gasteiger charge is -2.19. The standard InChI is InChI=1S/C55H83N4O30P3/c60-49-38-52(87-50(49)41-86-91(68,69)89-92(70,71)88-90(65,66)67)59-39-43(53(62)58-54(59)63)6-5-11-56-51(61)42-84-37-36-83-35-34-82-33-32-81-31-30-80-29-28-79-27-26-78-25-24-77-23-22-76-21-20-75-19-18-74-17-16-73-15-14-72-13-12-57-55(64)85-40-48-46-9-3-1-7-44(46)45-8-2-4-10-47(45)48/h1-4,7-10,39,48-50,52,60H,11-38,40-42H2,(H,56,61)(H,57,64)(H,68,69)(H,70,71)(H,58,62,63)(H2,65,66,67). The van der Waals surface area contributed by atoms with Crippen LogP contribution < -0.4 is 21.9 Å². The van der Waals surface area contributed by atoms with Crippen LogP contribution in [0.2, 0.25) is 0 Å². The lowest BCUT2D eigenvalue weighted by molar-refractivity contribution is -0.126. The van der Waals surface area contributed by atoms with Crippen LogP contribution in [-0.2, 0) is 103 Å². The summed E-state index contributed by atoms with van der Waals surface area (Å²) in [5, 5.41) is 15.6. The molecular weight excluding hydrogens is 1290 g/mol. The molecule has 92 heavy (non-hydrogen) atoms. The van der Waals surface area contributed by atoms with Crippen molar-refractivity contribution in [3.8, 4) is 23.0 Å². The summed E-state index contributed by atoms with van der Waals surface area (Å²) in [5.74, 6) is 4.53. The Morgan fingerprint density at radius 3 is 1.43 bits per heavy atom. The summed E-state index contributed by atoms with van der Waals surface area (Å²) in [6.45, 7) is 8.69. The Bertz CT molecular complexity index is 2900. The highest BCUT2D eigenvalue weighted by molar-refractivity contribution is 7.66. The SMILES string of the molecule is O=C(COCCOCCOCCOCCOCCOCCOCCOCCOCCOCCOCCOCCOCCNC(=O)OCC1c2ccccc2-c2ccccc21)NCC#Cc1cn(C2CC(O)C(COP(=O)(O)OP(=O)(O)OP(=O)(O)O)O2)c(=O)[nH]c1=O. The number of aromatic amines is 1. The van der Waals surface area contributed by atoms with Crippen LogP contribution in [0, 0.1) is 11.8 Å². The van der Waals surface area contributed by atoms with Gasteiger partial charge >= 0.3 is 35.3 Å². The second kappa shape index (κ2) is 44.8. The number of nitrogens with zero attached hydrogens (tertiary/aromatic N) is 1. The van der Waals surface area contributed by atoms with E-state index in [2.05, 4.69) is 59.9 Å². The molecule has 0 spiro atoms. The number of hydrogen-bond acceptors (Lipinski definition) is 26. The van der Waals surface area contributed by atoms with Crippen molar-refractivity contribution in [1.29, 1.82) is 0 Å². The van der Waals surface area contributed by atoms with Crippen molar-refractivity contribution in [3.63, 3.8) is 0 Å². The van der Waals surface area contributed by atoms with Gasteiger partial charge in [0.05, 0.1) is 184 Å². The van der Waals surface area contributed by atoms with E-state index in [1.165, 1.54) is 22.3 Å². The first kappa shape index (κ1) is 77.9. The molecule has 5 unspecified atom stereocenters. The van der Waals surface area contributed by atoms with Crippen LogP contribution in [-0.4, -0.2) is 257 Å². The second-order valence-electron chi connectivity index (χ2n) is 19.3. The third-order valence-corrected chi connectivity index (χ3v) is 16.3. The Kier molecular flexibility index (Phi) is 38.0. The largest absolute Gasteiger partial charge is 0.490 e. The molecule has 0 saturated carbocycles. The molecule has 5 rings (SSSR count). The quantitative estimate of drug-likeness (QED) is 0.0220. The maximum Gasteiger partial charge on any atom is 0.490 e. The average molecular weight is 1370 g/mol. The highest BCUT2D eigenvalue weighted by atomic mass is 31.3. The van der Waals surface area contributed by atoms with Crippen LogP contribution in [0.25, 0.3) is 11.1 Å². The maximum absolute atomic E-state index is 12.5. The van der Waals surface area contributed by atoms with Crippen molar-refractivity contribution in [1.82, 2.24) is 20.2 Å². The predicted molar refractivity (Wildman–Crippen MR) is 319 cm³/mol. The van der Waals surface area contributed by atoms with Crippen molar-refractivity contribution in [2.45, 2.75) is 30.8 Å². The number of rotatable bonds is 52. The molecule has 2 amide bonds. The van der Waals surface area contributed by atoms with E-state index in [1.54, 1.807) is 0 Å². The second-order valence-corrected chi connectivity index (χ2v) is 23.7. The minimum Gasteiger partial charge on any atom is -0.449 e. The Morgan fingerprint density at radius 2 is 0.989 bits per heavy atom. The van der Waals surface area contributed by atoms with E-state index >= 15 is 0 Å². The topological polar surface area (TPSA) is 432 Å². The van der Waals surface area contributed by atoms with Gasteiger partial charge in [0, 0.05) is 25.1 Å². The molecule has 37 heteroatoms. The van der Waals surface area contributed by atoms with Crippen LogP contribution in [0.5, 0.6) is 0 Å². The molecule has 2 aliphatic rings. The molecule has 2 aromatic carbocycles. The number of nitrogens with one attached hydrogen (secondary N) is 3. The van der Waals surface area contributed by atoms with Crippen molar-refractivity contribution >= 4 is 35.5 Å². The van der Waals surface area contributed by atoms with Gasteiger partial charge in [-0.25, -0.2) is 23.3 Å². The molecule has 5 atom stereocenters. The van der Waals surface area contributed by atoms with Crippen LogP contribution >= 0.6 is 23.5 Å². The van der Waals surface area contributed by atoms with Crippen LogP contribution in [0.15, 0.2) is 64.3 Å². The first-order valence-electron chi connectivity index (χ1n) is 29.2. The smallest absolute Gasteiger partial charge is 0.449 e. The predicted octanol–water partition coefficient (Wildman–Crippen LogP) is 0.751. The normalized spacial score (nSPS) is 16.7. The number of aromatic nitrogens is 2. The van der Waals surface area contributed by atoms with Gasteiger partial charge in [-0.15, -0.1) is 0 Å². The number of fused-ring (bicyclic) bond motifs is 3. The van der Waals surface area contributed by atoms with E-state index in [0.717, 1.165) is 10.8 Å². The molecule has 8 N–H and O–H groups in total. The number of hydrogen-bond donors (Lipinski definition) is 8. The van der Waals surface area contributed by atoms with Crippen molar-refractivity contribution < 1.29 is 132 Å². The zero-order valence-corrected chi connectivity index (χ0v) is 53.3. The molecule has 0 radical (unpaired) electrons. The first-order valence-corrected chi connectivity index (χ1v) is 33.8. The number of carbonyl (C=O) groups is 2. The van der Waals surface area contributed by atoms with E-state index < -0.39 is 71.8 Å². The molecule has 1 aliphatic heterocycles. The fourth-order valence-corrected chi connectivity index (χ4v) is 11.3. The number of phosphoric acid groups is 3. The average Bonchev–Trinajstić information content (AvgIpc) is 1.62. The van der Waals surface area contributed by atoms with Crippen molar-refractivity contribution in [2.24, 2.45) is 0 Å². The third kappa shape index (κ3) is 33.1. The van der Waals surface area contributed by atoms with Gasteiger partial charge in [0.25, 0.3) is 5.56 Å². The van der Waals surface area contributed by atoms with Gasteiger partial charge in [-0.2, -0.15) is 8.62 Å². The number of alkyl carbamates (subject to hydrolysis) is 1. The van der Waals surface area contributed by atoms with Gasteiger partial charge in [-0.3, -0.25) is 23.7 Å². The summed E-state index contributed by atoms with van der Waals surface area (Å²) >= 11 is 0. The molecule has 34 nitrogen and oxygen atoms in total. The number of ether oxygens (including phenoxy) is 15. The summed E-state index contributed by atoms with van der Waals surface area (Å²) in [5.41, 5.74) is 2.60. The molecule has 1 fully saturated rings. The van der Waals surface area contributed by atoms with Gasteiger partial charge < -0.3 is 106 Å². The van der Waals surface area contributed by atoms with Gasteiger partial charge in [0.15, 0.2) is 0 Å². The van der Waals surface area contributed by atoms with Gasteiger partial charge in [-0.1, -0.05) is 60.4 Å². The molecule has 1 aromatic heterocycles. The fraction of sp³-hybridized carbons (Fsp3) is 0.636. The number of carbonyl (C=O) groups excluding carboxylic acids is 2. The molecule has 1 saturated heterocycles. The number of amides is 2. The lowest BCUT2D eigenvalue weighted by Crippen LogP contribution is -2.34. The number of benzene rings is 2.